The monoisotopic (exact) mass is 139 g/mol. The number of rotatable bonds is 0. The van der Waals surface area contributed by atoms with Crippen LogP contribution in [0.1, 0.15) is 26.2 Å². The Morgan fingerprint density at radius 2 is 2.10 bits per heavy atom. The lowest BCUT2D eigenvalue weighted by Gasteiger charge is -2.16. The van der Waals surface area contributed by atoms with Crippen molar-refractivity contribution < 1.29 is 0 Å². The molecule has 2 fully saturated rings. The molecule has 1 saturated carbocycles. The molecule has 58 valence electrons. The van der Waals surface area contributed by atoms with E-state index in [-0.39, 0.29) is 0 Å². The maximum atomic E-state index is 3.53. The van der Waals surface area contributed by atoms with Crippen LogP contribution in [0.5, 0.6) is 0 Å². The third-order valence-electron chi connectivity index (χ3n) is 3.29. The van der Waals surface area contributed by atoms with Crippen LogP contribution in [-0.4, -0.2) is 13.1 Å². The van der Waals surface area contributed by atoms with Crippen LogP contribution in [0.4, 0.5) is 0 Å². The number of fused-ring (bicyclic) bond motifs is 2. The van der Waals surface area contributed by atoms with E-state index >= 15 is 0 Å². The van der Waals surface area contributed by atoms with Gasteiger partial charge < -0.3 is 5.32 Å². The Labute approximate surface area is 63.2 Å². The van der Waals surface area contributed by atoms with E-state index in [2.05, 4.69) is 12.2 Å². The van der Waals surface area contributed by atoms with Crippen LogP contribution in [0.15, 0.2) is 0 Å². The van der Waals surface area contributed by atoms with Crippen LogP contribution in [0.25, 0.3) is 0 Å². The lowest BCUT2D eigenvalue weighted by Crippen LogP contribution is -2.25. The van der Waals surface area contributed by atoms with Gasteiger partial charge in [-0.1, -0.05) is 6.92 Å². The zero-order chi connectivity index (χ0) is 6.97. The second kappa shape index (κ2) is 2.54. The fourth-order valence-electron chi connectivity index (χ4n) is 2.50. The molecule has 2 bridgehead atoms. The van der Waals surface area contributed by atoms with Gasteiger partial charge >= 0.3 is 0 Å². The zero-order valence-electron chi connectivity index (χ0n) is 6.77. The molecule has 2 aliphatic rings. The molecule has 3 atom stereocenters. The SMILES string of the molecule is CC1CNCC2CCC1C2. The summed E-state index contributed by atoms with van der Waals surface area (Å²) in [6.07, 6.45) is 4.50. The highest BCUT2D eigenvalue weighted by atomic mass is 14.9. The van der Waals surface area contributed by atoms with Gasteiger partial charge in [0.2, 0.25) is 0 Å². The first-order chi connectivity index (χ1) is 4.86. The molecule has 0 aromatic rings. The molecule has 1 aliphatic heterocycles. The molecule has 0 amide bonds. The lowest BCUT2D eigenvalue weighted by atomic mass is 9.93. The van der Waals surface area contributed by atoms with Gasteiger partial charge in [-0.15, -0.1) is 0 Å². The average molecular weight is 139 g/mol. The van der Waals surface area contributed by atoms with Gasteiger partial charge in [0.15, 0.2) is 0 Å². The molecule has 1 heterocycles. The molecule has 0 aromatic carbocycles. The van der Waals surface area contributed by atoms with Crippen molar-refractivity contribution in [2.75, 3.05) is 13.1 Å². The number of nitrogens with one attached hydrogen (secondary N) is 1. The van der Waals surface area contributed by atoms with Crippen LogP contribution in [0.2, 0.25) is 0 Å². The molecule has 3 unspecified atom stereocenters. The van der Waals surface area contributed by atoms with Crippen molar-refractivity contribution in [2.24, 2.45) is 17.8 Å². The lowest BCUT2D eigenvalue weighted by molar-refractivity contribution is 0.367. The second-order valence-corrected chi connectivity index (χ2v) is 4.07. The van der Waals surface area contributed by atoms with Gasteiger partial charge in [0, 0.05) is 0 Å². The summed E-state index contributed by atoms with van der Waals surface area (Å²) in [5.74, 6) is 3.02. The van der Waals surface area contributed by atoms with Crippen molar-refractivity contribution in [3.8, 4) is 0 Å². The molecule has 0 aromatic heterocycles. The van der Waals surface area contributed by atoms with E-state index in [0.29, 0.717) is 0 Å². The van der Waals surface area contributed by atoms with Gasteiger partial charge in [0.1, 0.15) is 0 Å². The molecule has 10 heavy (non-hydrogen) atoms. The van der Waals surface area contributed by atoms with E-state index in [4.69, 9.17) is 0 Å². The third kappa shape index (κ3) is 1.07. The van der Waals surface area contributed by atoms with E-state index in [1.54, 1.807) is 0 Å². The van der Waals surface area contributed by atoms with Crippen molar-refractivity contribution in [1.29, 1.82) is 0 Å². The Hall–Kier alpha value is -0.0400. The Morgan fingerprint density at radius 1 is 1.20 bits per heavy atom. The molecule has 1 N–H and O–H groups in total. The molecule has 1 aliphatic carbocycles. The summed E-state index contributed by atoms with van der Waals surface area (Å²) in [5, 5.41) is 3.53. The van der Waals surface area contributed by atoms with Crippen LogP contribution >= 0.6 is 0 Å². The fourth-order valence-corrected chi connectivity index (χ4v) is 2.50. The van der Waals surface area contributed by atoms with Crippen molar-refractivity contribution in [3.05, 3.63) is 0 Å². The quantitative estimate of drug-likeness (QED) is 0.538. The molecular formula is C9H17N. The van der Waals surface area contributed by atoms with Crippen LogP contribution in [-0.2, 0) is 0 Å². The summed E-state index contributed by atoms with van der Waals surface area (Å²) in [6.45, 7) is 4.95. The van der Waals surface area contributed by atoms with E-state index in [0.717, 1.165) is 17.8 Å². The first-order valence-corrected chi connectivity index (χ1v) is 4.57. The maximum Gasteiger partial charge on any atom is -0.00203 e. The first kappa shape index (κ1) is 6.66. The van der Waals surface area contributed by atoms with Crippen molar-refractivity contribution >= 4 is 0 Å². The normalized spacial score (nSPS) is 47.1. The summed E-state index contributed by atoms with van der Waals surface area (Å²) < 4.78 is 0. The van der Waals surface area contributed by atoms with Gasteiger partial charge in [-0.25, -0.2) is 0 Å². The molecule has 1 saturated heterocycles. The molecule has 0 spiro atoms. The summed E-state index contributed by atoms with van der Waals surface area (Å²) in [6, 6.07) is 0. The highest BCUT2D eigenvalue weighted by molar-refractivity contribution is 4.84. The fraction of sp³-hybridized carbons (Fsp3) is 1.00. The molecular weight excluding hydrogens is 122 g/mol. The highest BCUT2D eigenvalue weighted by Gasteiger charge is 2.30. The predicted octanol–water partition coefficient (Wildman–Crippen LogP) is 1.64. The zero-order valence-corrected chi connectivity index (χ0v) is 6.77. The summed E-state index contributed by atoms with van der Waals surface area (Å²) in [5.41, 5.74) is 0. The number of hydrogen-bond acceptors (Lipinski definition) is 1. The molecule has 1 nitrogen and oxygen atoms in total. The minimum Gasteiger partial charge on any atom is -0.316 e. The topological polar surface area (TPSA) is 12.0 Å². The minimum atomic E-state index is 0.937. The minimum absolute atomic E-state index is 0.937. The van der Waals surface area contributed by atoms with Gasteiger partial charge in [-0.05, 0) is 50.1 Å². The standard InChI is InChI=1S/C9H17N/c1-7-5-10-6-8-2-3-9(7)4-8/h7-10H,2-6H2,1H3. The molecule has 0 radical (unpaired) electrons. The van der Waals surface area contributed by atoms with Crippen molar-refractivity contribution in [1.82, 2.24) is 5.32 Å². The maximum absolute atomic E-state index is 3.53. The molecule has 2 rings (SSSR count). The predicted molar refractivity (Wildman–Crippen MR) is 42.9 cm³/mol. The molecule has 1 heteroatoms. The van der Waals surface area contributed by atoms with E-state index in [1.165, 1.54) is 32.4 Å². The van der Waals surface area contributed by atoms with Crippen LogP contribution in [0, 0.1) is 17.8 Å². The second-order valence-electron chi connectivity index (χ2n) is 4.07. The Morgan fingerprint density at radius 3 is 3.00 bits per heavy atom. The Kier molecular flexibility index (Phi) is 1.69. The van der Waals surface area contributed by atoms with Gasteiger partial charge in [-0.2, -0.15) is 0 Å². The Balaban J connectivity index is 2.03. The van der Waals surface area contributed by atoms with Crippen molar-refractivity contribution in [2.45, 2.75) is 26.2 Å². The summed E-state index contributed by atoms with van der Waals surface area (Å²) in [4.78, 5) is 0. The van der Waals surface area contributed by atoms with Crippen LogP contribution in [0.3, 0.4) is 0 Å². The van der Waals surface area contributed by atoms with Crippen LogP contribution < -0.4 is 5.32 Å². The first-order valence-electron chi connectivity index (χ1n) is 4.57. The Bertz CT molecular complexity index is 122. The third-order valence-corrected chi connectivity index (χ3v) is 3.29. The van der Waals surface area contributed by atoms with E-state index in [1.807, 2.05) is 0 Å². The largest absolute Gasteiger partial charge is 0.316 e. The smallest absolute Gasteiger partial charge is 0.00203 e. The van der Waals surface area contributed by atoms with Gasteiger partial charge in [-0.3, -0.25) is 0 Å². The van der Waals surface area contributed by atoms with Crippen molar-refractivity contribution in [3.63, 3.8) is 0 Å². The highest BCUT2D eigenvalue weighted by Crippen LogP contribution is 2.36. The summed E-state index contributed by atoms with van der Waals surface area (Å²) in [7, 11) is 0. The van der Waals surface area contributed by atoms with Gasteiger partial charge in [0.25, 0.3) is 0 Å². The van der Waals surface area contributed by atoms with E-state index < -0.39 is 0 Å². The van der Waals surface area contributed by atoms with Gasteiger partial charge in [0.05, 0.1) is 0 Å². The average Bonchev–Trinajstić information content (AvgIpc) is 2.27. The number of hydrogen-bond donors (Lipinski definition) is 1. The van der Waals surface area contributed by atoms with E-state index in [9.17, 15) is 0 Å². The summed E-state index contributed by atoms with van der Waals surface area (Å²) >= 11 is 0.